The first-order chi connectivity index (χ1) is 16.1. The lowest BCUT2D eigenvalue weighted by Gasteiger charge is -2.50. The van der Waals surface area contributed by atoms with Crippen LogP contribution in [-0.2, 0) is 4.79 Å². The van der Waals surface area contributed by atoms with Gasteiger partial charge < -0.3 is 15.1 Å². The summed E-state index contributed by atoms with van der Waals surface area (Å²) in [4.78, 5) is 36.8. The molecule has 6 rings (SSSR count). The Bertz CT molecular complexity index is 1200. The Balaban J connectivity index is 1.09. The minimum atomic E-state index is -0.464. The van der Waals surface area contributed by atoms with Crippen molar-refractivity contribution >= 4 is 28.4 Å². The van der Waals surface area contributed by atoms with Crippen LogP contribution in [0.1, 0.15) is 23.2 Å². The molecule has 1 N–H and O–H groups in total. The lowest BCUT2D eigenvalue weighted by molar-refractivity contribution is -0.125. The van der Waals surface area contributed by atoms with Gasteiger partial charge in [0.2, 0.25) is 5.91 Å². The number of fused-ring (bicyclic) bond motifs is 1. The highest BCUT2D eigenvalue weighted by Crippen LogP contribution is 2.37. The maximum absolute atomic E-state index is 13.0. The van der Waals surface area contributed by atoms with E-state index in [1.54, 1.807) is 6.20 Å². The Morgan fingerprint density at radius 1 is 1.00 bits per heavy atom. The third-order valence-corrected chi connectivity index (χ3v) is 7.53. The third-order valence-electron chi connectivity index (χ3n) is 7.53. The van der Waals surface area contributed by atoms with Gasteiger partial charge in [0.1, 0.15) is 5.54 Å². The zero-order chi connectivity index (χ0) is 22.4. The van der Waals surface area contributed by atoms with Gasteiger partial charge in [0.05, 0.1) is 17.7 Å². The molecule has 0 atom stereocenters. The number of carbonyl (C=O) groups excluding carboxylic acids is 2. The van der Waals surface area contributed by atoms with Gasteiger partial charge in [-0.15, -0.1) is 0 Å². The second kappa shape index (κ2) is 7.85. The molecule has 0 saturated carbocycles. The molecule has 4 heterocycles. The summed E-state index contributed by atoms with van der Waals surface area (Å²) >= 11 is 0. The molecule has 0 radical (unpaired) electrons. The van der Waals surface area contributed by atoms with Crippen molar-refractivity contribution in [2.75, 3.05) is 37.7 Å². The number of para-hydroxylation sites is 2. The van der Waals surface area contributed by atoms with Crippen molar-refractivity contribution in [3.63, 3.8) is 0 Å². The van der Waals surface area contributed by atoms with Crippen LogP contribution in [0.2, 0.25) is 0 Å². The van der Waals surface area contributed by atoms with Crippen molar-refractivity contribution in [1.82, 2.24) is 20.1 Å². The Morgan fingerprint density at radius 3 is 2.52 bits per heavy atom. The molecular weight excluding hydrogens is 414 g/mol. The number of hydrogen-bond donors (Lipinski definition) is 1. The summed E-state index contributed by atoms with van der Waals surface area (Å²) in [6.07, 6.45) is 3.28. The van der Waals surface area contributed by atoms with E-state index in [4.69, 9.17) is 0 Å². The Labute approximate surface area is 193 Å². The molecular formula is C26H27N5O2. The van der Waals surface area contributed by atoms with Gasteiger partial charge in [0, 0.05) is 49.5 Å². The van der Waals surface area contributed by atoms with E-state index >= 15 is 0 Å². The zero-order valence-electron chi connectivity index (χ0n) is 18.5. The zero-order valence-corrected chi connectivity index (χ0v) is 18.5. The van der Waals surface area contributed by atoms with Crippen LogP contribution in [0.3, 0.4) is 0 Å². The van der Waals surface area contributed by atoms with Crippen molar-refractivity contribution in [2.24, 2.45) is 0 Å². The minimum absolute atomic E-state index is 0.0448. The average Bonchev–Trinajstić information content (AvgIpc) is 3.15. The van der Waals surface area contributed by atoms with Gasteiger partial charge >= 0.3 is 0 Å². The Hall–Kier alpha value is -3.45. The third kappa shape index (κ3) is 3.35. The number of aromatic nitrogens is 1. The highest BCUT2D eigenvalue weighted by atomic mass is 16.2. The number of rotatable bonds is 3. The van der Waals surface area contributed by atoms with Gasteiger partial charge in [-0.3, -0.25) is 19.5 Å². The van der Waals surface area contributed by atoms with Crippen molar-refractivity contribution in [2.45, 2.75) is 24.4 Å². The van der Waals surface area contributed by atoms with E-state index < -0.39 is 5.54 Å². The lowest BCUT2D eigenvalue weighted by Crippen LogP contribution is -2.65. The summed E-state index contributed by atoms with van der Waals surface area (Å²) in [6, 6.07) is 20.3. The highest BCUT2D eigenvalue weighted by Gasteiger charge is 2.51. The topological polar surface area (TPSA) is 68.8 Å². The van der Waals surface area contributed by atoms with Crippen molar-refractivity contribution in [3.8, 4) is 0 Å². The largest absolute Gasteiger partial charge is 0.339 e. The molecule has 0 bridgehead atoms. The maximum atomic E-state index is 13.0. The molecule has 33 heavy (non-hydrogen) atoms. The number of amides is 2. The summed E-state index contributed by atoms with van der Waals surface area (Å²) in [7, 11) is 0. The average molecular weight is 442 g/mol. The summed E-state index contributed by atoms with van der Waals surface area (Å²) in [6.45, 7) is 3.75. The van der Waals surface area contributed by atoms with Gasteiger partial charge in [-0.05, 0) is 37.1 Å². The summed E-state index contributed by atoms with van der Waals surface area (Å²) in [5.74, 6) is 0.184. The number of benzene rings is 2. The smallest absolute Gasteiger partial charge is 0.255 e. The molecule has 1 aromatic heterocycles. The molecule has 7 nitrogen and oxygen atoms in total. The maximum Gasteiger partial charge on any atom is 0.255 e. The number of carbonyl (C=O) groups is 2. The Kier molecular flexibility index (Phi) is 4.80. The Morgan fingerprint density at radius 2 is 1.73 bits per heavy atom. The van der Waals surface area contributed by atoms with Crippen LogP contribution in [0.15, 0.2) is 66.9 Å². The van der Waals surface area contributed by atoms with Crippen molar-refractivity contribution < 1.29 is 9.59 Å². The standard InChI is InChI=1S/C26H27N5O2/c32-24(20-14-19-6-4-5-9-23(19)27-15-20)30-16-22(17-30)29-12-10-26(11-13-29)25(33)28-18-31(26)21-7-2-1-3-8-21/h1-9,14-15,22H,10-13,16-18H2,(H,28,33). The van der Waals surface area contributed by atoms with Gasteiger partial charge in [-0.25, -0.2) is 0 Å². The molecule has 7 heteroatoms. The van der Waals surface area contributed by atoms with E-state index in [0.29, 0.717) is 18.3 Å². The first-order valence-electron chi connectivity index (χ1n) is 11.6. The summed E-state index contributed by atoms with van der Waals surface area (Å²) in [5.41, 5.74) is 2.17. The van der Waals surface area contributed by atoms with E-state index in [1.165, 1.54) is 0 Å². The van der Waals surface area contributed by atoms with Crippen LogP contribution in [0.25, 0.3) is 10.9 Å². The molecule has 3 aliphatic rings. The van der Waals surface area contributed by atoms with Gasteiger partial charge in [0.25, 0.3) is 5.91 Å². The second-order valence-electron chi connectivity index (χ2n) is 9.28. The fourth-order valence-electron chi connectivity index (χ4n) is 5.51. The van der Waals surface area contributed by atoms with E-state index in [-0.39, 0.29) is 11.8 Å². The molecule has 3 aliphatic heterocycles. The molecule has 2 aromatic carbocycles. The van der Waals surface area contributed by atoms with Crippen LogP contribution in [-0.4, -0.2) is 71.0 Å². The van der Waals surface area contributed by atoms with Gasteiger partial charge in [-0.2, -0.15) is 0 Å². The number of anilines is 1. The number of nitrogens with one attached hydrogen (secondary N) is 1. The van der Waals surface area contributed by atoms with Crippen molar-refractivity contribution in [1.29, 1.82) is 0 Å². The fraction of sp³-hybridized carbons (Fsp3) is 0.346. The summed E-state index contributed by atoms with van der Waals surface area (Å²) in [5, 5.41) is 4.05. The predicted octanol–water partition coefficient (Wildman–Crippen LogP) is 2.49. The highest BCUT2D eigenvalue weighted by molar-refractivity contribution is 5.97. The molecule has 168 valence electrons. The number of nitrogens with zero attached hydrogens (tertiary/aromatic N) is 4. The number of piperidine rings is 1. The van der Waals surface area contributed by atoms with Gasteiger partial charge in [-0.1, -0.05) is 36.4 Å². The van der Waals surface area contributed by atoms with Crippen LogP contribution >= 0.6 is 0 Å². The second-order valence-corrected chi connectivity index (χ2v) is 9.28. The molecule has 1 spiro atoms. The monoisotopic (exact) mass is 441 g/mol. The molecule has 0 aliphatic carbocycles. The molecule has 3 aromatic rings. The van der Waals surface area contributed by atoms with Crippen LogP contribution in [0, 0.1) is 0 Å². The number of hydrogen-bond acceptors (Lipinski definition) is 5. The first-order valence-corrected chi connectivity index (χ1v) is 11.6. The normalized spacial score (nSPS) is 20.8. The number of pyridine rings is 1. The van der Waals surface area contributed by atoms with Crippen molar-refractivity contribution in [3.05, 3.63) is 72.4 Å². The van der Waals surface area contributed by atoms with E-state index in [9.17, 15) is 9.59 Å². The molecule has 0 unspecified atom stereocenters. The van der Waals surface area contributed by atoms with E-state index in [0.717, 1.165) is 55.6 Å². The van der Waals surface area contributed by atoms with Crippen LogP contribution < -0.4 is 10.2 Å². The molecule has 3 fully saturated rings. The first kappa shape index (κ1) is 20.2. The molecule has 3 saturated heterocycles. The summed E-state index contributed by atoms with van der Waals surface area (Å²) < 4.78 is 0. The van der Waals surface area contributed by atoms with Gasteiger partial charge in [0.15, 0.2) is 0 Å². The van der Waals surface area contributed by atoms with E-state index in [1.807, 2.05) is 53.4 Å². The van der Waals surface area contributed by atoms with Crippen LogP contribution in [0.4, 0.5) is 5.69 Å². The van der Waals surface area contributed by atoms with Crippen LogP contribution in [0.5, 0.6) is 0 Å². The number of likely N-dealkylation sites (tertiary alicyclic amines) is 2. The minimum Gasteiger partial charge on any atom is -0.339 e. The quantitative estimate of drug-likeness (QED) is 0.676. The SMILES string of the molecule is O=C(c1cnc2ccccc2c1)N1CC(N2CCC3(CC2)C(=O)NCN3c2ccccc2)C1. The fourth-order valence-corrected chi connectivity index (χ4v) is 5.51. The predicted molar refractivity (Wildman–Crippen MR) is 127 cm³/mol. The lowest BCUT2D eigenvalue weighted by atomic mass is 9.84. The van der Waals surface area contributed by atoms with E-state index in [2.05, 4.69) is 32.2 Å². The molecule has 2 amide bonds.